The van der Waals surface area contributed by atoms with Crippen molar-refractivity contribution in [1.29, 1.82) is 0 Å². The molecule has 2 aromatic carbocycles. The van der Waals surface area contributed by atoms with E-state index in [9.17, 15) is 14.4 Å². The topological polar surface area (TPSA) is 79.0 Å². The Labute approximate surface area is 182 Å². The minimum absolute atomic E-state index is 0.0316. The smallest absolute Gasteiger partial charge is 0.322 e. The number of ether oxygens (including phenoxy) is 1. The quantitative estimate of drug-likeness (QED) is 0.752. The van der Waals surface area contributed by atoms with E-state index in [2.05, 4.69) is 5.32 Å². The molecule has 162 valence electrons. The van der Waals surface area contributed by atoms with Crippen LogP contribution in [-0.2, 0) is 0 Å². The van der Waals surface area contributed by atoms with Crippen LogP contribution in [0.1, 0.15) is 39.1 Å². The number of likely N-dealkylation sites (tertiary alicyclic amines) is 1. The first-order valence-corrected chi connectivity index (χ1v) is 10.6. The van der Waals surface area contributed by atoms with Gasteiger partial charge in [-0.2, -0.15) is 0 Å². The number of ketones is 1. The maximum atomic E-state index is 13.0. The Bertz CT molecular complexity index is 994. The van der Waals surface area contributed by atoms with Crippen molar-refractivity contribution in [3.05, 3.63) is 59.2 Å². The molecule has 7 nitrogen and oxygen atoms in total. The van der Waals surface area contributed by atoms with E-state index >= 15 is 0 Å². The van der Waals surface area contributed by atoms with Gasteiger partial charge in [0.2, 0.25) is 0 Å². The van der Waals surface area contributed by atoms with Gasteiger partial charge in [-0.1, -0.05) is 0 Å². The summed E-state index contributed by atoms with van der Waals surface area (Å²) in [6.45, 7) is 4.28. The lowest BCUT2D eigenvalue weighted by Crippen LogP contribution is -2.40. The lowest BCUT2D eigenvalue weighted by atomic mass is 9.88. The number of aryl methyl sites for hydroxylation is 1. The summed E-state index contributed by atoms with van der Waals surface area (Å²) in [5.74, 6) is 0.744. The van der Waals surface area contributed by atoms with Gasteiger partial charge in [0, 0.05) is 48.9 Å². The molecule has 4 rings (SSSR count). The fourth-order valence-electron chi connectivity index (χ4n) is 4.31. The van der Waals surface area contributed by atoms with Gasteiger partial charge in [0.05, 0.1) is 7.11 Å². The van der Waals surface area contributed by atoms with E-state index in [1.54, 1.807) is 42.3 Å². The molecule has 0 saturated carbocycles. The van der Waals surface area contributed by atoms with Crippen LogP contribution >= 0.6 is 0 Å². The number of benzene rings is 2. The highest BCUT2D eigenvalue weighted by atomic mass is 16.5. The highest BCUT2D eigenvalue weighted by Crippen LogP contribution is 2.26. The van der Waals surface area contributed by atoms with Gasteiger partial charge < -0.3 is 15.0 Å². The average Bonchev–Trinajstić information content (AvgIpc) is 3.23. The Morgan fingerprint density at radius 1 is 1.00 bits per heavy atom. The predicted molar refractivity (Wildman–Crippen MR) is 118 cm³/mol. The van der Waals surface area contributed by atoms with Crippen molar-refractivity contribution in [2.24, 2.45) is 5.92 Å². The lowest BCUT2D eigenvalue weighted by Gasteiger charge is -2.31. The molecular weight excluding hydrogens is 394 g/mol. The average molecular weight is 421 g/mol. The van der Waals surface area contributed by atoms with Gasteiger partial charge in [-0.25, -0.2) is 4.79 Å². The molecule has 2 heterocycles. The molecule has 0 aliphatic carbocycles. The third kappa shape index (κ3) is 4.26. The Balaban J connectivity index is 1.38. The Kier molecular flexibility index (Phi) is 5.93. The molecule has 31 heavy (non-hydrogen) atoms. The number of rotatable bonds is 5. The summed E-state index contributed by atoms with van der Waals surface area (Å²) in [6.07, 6.45) is 1.31. The summed E-state index contributed by atoms with van der Waals surface area (Å²) in [4.78, 5) is 41.2. The van der Waals surface area contributed by atoms with Crippen LogP contribution in [-0.4, -0.2) is 55.9 Å². The van der Waals surface area contributed by atoms with Gasteiger partial charge >= 0.3 is 6.03 Å². The van der Waals surface area contributed by atoms with Gasteiger partial charge in [0.25, 0.3) is 5.91 Å². The van der Waals surface area contributed by atoms with Gasteiger partial charge in [-0.3, -0.25) is 14.5 Å². The number of amides is 3. The molecule has 2 aromatic rings. The highest BCUT2D eigenvalue weighted by Gasteiger charge is 2.29. The number of methoxy groups -OCH3 is 1. The van der Waals surface area contributed by atoms with E-state index in [1.807, 2.05) is 24.0 Å². The number of hydrogen-bond acceptors (Lipinski definition) is 4. The third-order valence-corrected chi connectivity index (χ3v) is 6.12. The van der Waals surface area contributed by atoms with Crippen molar-refractivity contribution in [2.45, 2.75) is 19.8 Å². The number of nitrogens with one attached hydrogen (secondary N) is 1. The van der Waals surface area contributed by atoms with E-state index < -0.39 is 0 Å². The molecule has 0 spiro atoms. The Morgan fingerprint density at radius 2 is 1.68 bits per heavy atom. The summed E-state index contributed by atoms with van der Waals surface area (Å²) >= 11 is 0. The van der Waals surface area contributed by atoms with Crippen molar-refractivity contribution in [3.8, 4) is 5.75 Å². The number of urea groups is 1. The van der Waals surface area contributed by atoms with Crippen LogP contribution in [0.15, 0.2) is 42.5 Å². The molecule has 7 heteroatoms. The number of nitrogens with zero attached hydrogens (tertiary/aromatic N) is 2. The van der Waals surface area contributed by atoms with E-state index in [4.69, 9.17) is 4.74 Å². The third-order valence-electron chi connectivity index (χ3n) is 6.12. The zero-order valence-electron chi connectivity index (χ0n) is 17.9. The molecule has 0 unspecified atom stereocenters. The second kappa shape index (κ2) is 8.79. The first-order valence-electron chi connectivity index (χ1n) is 10.6. The number of carbonyl (C=O) groups excluding carboxylic acids is 3. The van der Waals surface area contributed by atoms with Crippen molar-refractivity contribution < 1.29 is 19.1 Å². The summed E-state index contributed by atoms with van der Waals surface area (Å²) in [6, 6.07) is 12.5. The van der Waals surface area contributed by atoms with Crippen molar-refractivity contribution in [2.75, 3.05) is 38.2 Å². The van der Waals surface area contributed by atoms with Crippen LogP contribution in [0, 0.1) is 12.8 Å². The van der Waals surface area contributed by atoms with E-state index in [0.29, 0.717) is 50.1 Å². The molecule has 2 aliphatic heterocycles. The van der Waals surface area contributed by atoms with Crippen LogP contribution in [0.4, 0.5) is 10.5 Å². The molecule has 2 fully saturated rings. The number of hydrogen-bond donors (Lipinski definition) is 1. The van der Waals surface area contributed by atoms with Gasteiger partial charge in [0.15, 0.2) is 5.78 Å². The van der Waals surface area contributed by atoms with Crippen molar-refractivity contribution in [1.82, 2.24) is 10.2 Å². The zero-order valence-corrected chi connectivity index (χ0v) is 17.9. The fraction of sp³-hybridized carbons (Fsp3) is 0.375. The molecule has 1 N–H and O–H groups in total. The highest BCUT2D eigenvalue weighted by molar-refractivity contribution is 5.99. The predicted octanol–water partition coefficient (Wildman–Crippen LogP) is 3.27. The number of Topliss-reactive ketones (excluding diaryl/α,β-unsaturated/α-hetero) is 1. The zero-order chi connectivity index (χ0) is 22.0. The summed E-state index contributed by atoms with van der Waals surface area (Å²) < 4.78 is 5.15. The minimum atomic E-state index is -0.106. The van der Waals surface area contributed by atoms with Crippen molar-refractivity contribution >= 4 is 23.4 Å². The minimum Gasteiger partial charge on any atom is -0.497 e. The maximum Gasteiger partial charge on any atom is 0.322 e. The number of carbonyl (C=O) groups is 3. The molecular formula is C24H27N3O4. The first-order chi connectivity index (χ1) is 15.0. The van der Waals surface area contributed by atoms with Crippen LogP contribution < -0.4 is 15.0 Å². The second-order valence-corrected chi connectivity index (χ2v) is 8.04. The Morgan fingerprint density at radius 3 is 2.26 bits per heavy atom. The normalized spacial score (nSPS) is 16.9. The van der Waals surface area contributed by atoms with Crippen LogP contribution in [0.25, 0.3) is 0 Å². The van der Waals surface area contributed by atoms with Gasteiger partial charge in [-0.05, 0) is 67.8 Å². The van der Waals surface area contributed by atoms with E-state index in [-0.39, 0.29) is 23.6 Å². The first kappa shape index (κ1) is 20.9. The lowest BCUT2D eigenvalue weighted by molar-refractivity contribution is 0.0650. The van der Waals surface area contributed by atoms with Crippen LogP contribution in [0.3, 0.4) is 0 Å². The molecule has 2 saturated heterocycles. The number of piperidine rings is 1. The summed E-state index contributed by atoms with van der Waals surface area (Å²) in [7, 11) is 1.60. The maximum absolute atomic E-state index is 13.0. The molecule has 0 aromatic heterocycles. The van der Waals surface area contributed by atoms with Crippen LogP contribution in [0.5, 0.6) is 5.75 Å². The molecule has 3 amide bonds. The molecule has 0 bridgehead atoms. The number of anilines is 1. The summed E-state index contributed by atoms with van der Waals surface area (Å²) in [5.41, 5.74) is 3.02. The fourth-order valence-corrected chi connectivity index (χ4v) is 4.31. The molecule has 0 radical (unpaired) electrons. The largest absolute Gasteiger partial charge is 0.497 e. The molecule has 0 atom stereocenters. The monoisotopic (exact) mass is 421 g/mol. The SMILES string of the molecule is COc1ccc(C(=O)C2CCN(C(=O)c3ccc(N4CCNC4=O)c(C)c3)CC2)cc1. The molecule has 2 aliphatic rings. The Hall–Kier alpha value is -3.35. The van der Waals surface area contributed by atoms with Crippen molar-refractivity contribution in [3.63, 3.8) is 0 Å². The van der Waals surface area contributed by atoms with Crippen LogP contribution in [0.2, 0.25) is 0 Å². The summed E-state index contributed by atoms with van der Waals surface area (Å²) in [5, 5.41) is 2.79. The van der Waals surface area contributed by atoms with Gasteiger partial charge in [0.1, 0.15) is 5.75 Å². The van der Waals surface area contributed by atoms with Gasteiger partial charge in [-0.15, -0.1) is 0 Å². The second-order valence-electron chi connectivity index (χ2n) is 8.04. The standard InChI is InChI=1S/C24H27N3O4/c1-16-15-19(5-8-21(16)27-14-11-25-24(27)30)23(29)26-12-9-18(10-13-26)22(28)17-3-6-20(31-2)7-4-17/h3-8,15,18H,9-14H2,1-2H3,(H,25,30). The van der Waals surface area contributed by atoms with E-state index in [0.717, 1.165) is 17.0 Å². The van der Waals surface area contributed by atoms with E-state index in [1.165, 1.54) is 0 Å².